The molecule has 0 aromatic heterocycles. The highest BCUT2D eigenvalue weighted by Gasteiger charge is 2.15. The molecule has 0 bridgehead atoms. The molecule has 0 aromatic rings. The number of ether oxygens (including phenoxy) is 1. The molecule has 2 atom stereocenters. The van der Waals surface area contributed by atoms with Gasteiger partial charge in [0.25, 0.3) is 0 Å². The summed E-state index contributed by atoms with van der Waals surface area (Å²) < 4.78 is 5.23. The highest BCUT2D eigenvalue weighted by molar-refractivity contribution is 4.71. The molecule has 54 valence electrons. The summed E-state index contributed by atoms with van der Waals surface area (Å²) in [5.41, 5.74) is 0. The molecule has 1 unspecified atom stereocenters. The average Bonchev–Trinajstić information content (AvgIpc) is 1.90. The molecule has 3 heteroatoms. The number of aliphatic hydroxyl groups excluding tert-OH is 1. The Bertz CT molecular complexity index is 79.1. The van der Waals surface area contributed by atoms with Gasteiger partial charge in [0, 0.05) is 12.6 Å². The molecule has 0 amide bonds. The van der Waals surface area contributed by atoms with E-state index in [1.807, 2.05) is 0 Å². The van der Waals surface area contributed by atoms with E-state index < -0.39 is 0 Å². The second-order valence-electron chi connectivity index (χ2n) is 2.45. The third kappa shape index (κ3) is 1.93. The predicted molar refractivity (Wildman–Crippen MR) is 34.3 cm³/mol. The molecule has 1 aliphatic rings. The van der Waals surface area contributed by atoms with Crippen LogP contribution in [0, 0.1) is 0 Å². The van der Waals surface area contributed by atoms with Crippen molar-refractivity contribution in [2.45, 2.75) is 19.1 Å². The van der Waals surface area contributed by atoms with E-state index in [9.17, 15) is 0 Å². The van der Waals surface area contributed by atoms with Gasteiger partial charge in [-0.1, -0.05) is 0 Å². The monoisotopic (exact) mass is 131 g/mol. The van der Waals surface area contributed by atoms with Crippen molar-refractivity contribution in [1.29, 1.82) is 0 Å². The van der Waals surface area contributed by atoms with Crippen molar-refractivity contribution in [3.63, 3.8) is 0 Å². The lowest BCUT2D eigenvalue weighted by molar-refractivity contribution is -0.0222. The van der Waals surface area contributed by atoms with Gasteiger partial charge in [0.1, 0.15) is 0 Å². The highest BCUT2D eigenvalue weighted by atomic mass is 16.5. The van der Waals surface area contributed by atoms with Crippen LogP contribution in [0.3, 0.4) is 0 Å². The van der Waals surface area contributed by atoms with Crippen LogP contribution in [0.4, 0.5) is 0 Å². The Balaban J connectivity index is 2.18. The first-order valence-corrected chi connectivity index (χ1v) is 3.28. The Morgan fingerprint density at radius 1 is 1.78 bits per heavy atom. The minimum atomic E-state index is 0.0150. The summed E-state index contributed by atoms with van der Waals surface area (Å²) in [5.74, 6) is 0. The van der Waals surface area contributed by atoms with E-state index in [-0.39, 0.29) is 12.7 Å². The zero-order valence-electron chi connectivity index (χ0n) is 5.63. The molecular weight excluding hydrogens is 118 g/mol. The molecule has 3 nitrogen and oxygen atoms in total. The lowest BCUT2D eigenvalue weighted by atomic mass is 10.2. The number of hydrogen-bond donors (Lipinski definition) is 2. The summed E-state index contributed by atoms with van der Waals surface area (Å²) in [6.45, 7) is 3.68. The maximum absolute atomic E-state index is 8.61. The van der Waals surface area contributed by atoms with Gasteiger partial charge in [0.05, 0.1) is 19.3 Å². The first-order valence-electron chi connectivity index (χ1n) is 3.28. The van der Waals surface area contributed by atoms with Gasteiger partial charge in [0.2, 0.25) is 0 Å². The van der Waals surface area contributed by atoms with E-state index in [2.05, 4.69) is 12.2 Å². The molecule has 1 fully saturated rings. The minimum Gasteiger partial charge on any atom is -0.394 e. The van der Waals surface area contributed by atoms with Crippen molar-refractivity contribution in [3.05, 3.63) is 0 Å². The predicted octanol–water partition coefficient (Wildman–Crippen LogP) is -0.644. The molecular formula is C6H13NO2. The zero-order valence-corrected chi connectivity index (χ0v) is 5.63. The van der Waals surface area contributed by atoms with Crippen LogP contribution in [-0.4, -0.2) is 37.0 Å². The Labute approximate surface area is 55.0 Å². The number of morpholine rings is 1. The van der Waals surface area contributed by atoms with Gasteiger partial charge in [-0.25, -0.2) is 0 Å². The van der Waals surface area contributed by atoms with Crippen LogP contribution < -0.4 is 5.32 Å². The van der Waals surface area contributed by atoms with E-state index in [4.69, 9.17) is 9.84 Å². The third-order valence-corrected chi connectivity index (χ3v) is 1.48. The van der Waals surface area contributed by atoms with Crippen LogP contribution in [0.1, 0.15) is 6.92 Å². The van der Waals surface area contributed by atoms with E-state index in [1.165, 1.54) is 0 Å². The van der Waals surface area contributed by atoms with Crippen molar-refractivity contribution in [3.8, 4) is 0 Å². The summed E-state index contributed by atoms with van der Waals surface area (Å²) in [6.07, 6.45) is 0.0150. The van der Waals surface area contributed by atoms with E-state index in [1.54, 1.807) is 0 Å². The Hall–Kier alpha value is -0.120. The molecule has 1 heterocycles. The quantitative estimate of drug-likeness (QED) is 0.497. The Morgan fingerprint density at radius 2 is 2.56 bits per heavy atom. The van der Waals surface area contributed by atoms with Crippen LogP contribution in [0.2, 0.25) is 0 Å². The molecule has 0 saturated carbocycles. The van der Waals surface area contributed by atoms with E-state index in [0.29, 0.717) is 12.6 Å². The fraction of sp³-hybridized carbons (Fsp3) is 1.00. The summed E-state index contributed by atoms with van der Waals surface area (Å²) >= 11 is 0. The molecule has 0 radical (unpaired) electrons. The molecule has 0 aromatic carbocycles. The smallest absolute Gasteiger partial charge is 0.0930 e. The van der Waals surface area contributed by atoms with Gasteiger partial charge in [0.15, 0.2) is 0 Å². The largest absolute Gasteiger partial charge is 0.394 e. The standard InChI is InChI=1S/C6H13NO2/c1-5-4-9-6(3-8)2-7-5/h5-8H,2-4H2,1H3/t5?,6-/m1/s1. The van der Waals surface area contributed by atoms with Crippen molar-refractivity contribution < 1.29 is 9.84 Å². The number of rotatable bonds is 1. The summed E-state index contributed by atoms with van der Waals surface area (Å²) in [6, 6.07) is 0.438. The number of aliphatic hydroxyl groups is 1. The maximum atomic E-state index is 8.61. The lowest BCUT2D eigenvalue weighted by Crippen LogP contribution is -2.46. The average molecular weight is 131 g/mol. The summed E-state index contributed by atoms with van der Waals surface area (Å²) in [5, 5.41) is 11.8. The molecule has 1 aliphatic heterocycles. The fourth-order valence-electron chi connectivity index (χ4n) is 0.848. The number of nitrogens with one attached hydrogen (secondary N) is 1. The van der Waals surface area contributed by atoms with E-state index >= 15 is 0 Å². The summed E-state index contributed by atoms with van der Waals surface area (Å²) in [7, 11) is 0. The minimum absolute atomic E-state index is 0.0150. The van der Waals surface area contributed by atoms with Crippen LogP contribution in [0.25, 0.3) is 0 Å². The van der Waals surface area contributed by atoms with Gasteiger partial charge in [-0.2, -0.15) is 0 Å². The van der Waals surface area contributed by atoms with Crippen molar-refractivity contribution in [1.82, 2.24) is 5.32 Å². The molecule has 0 aliphatic carbocycles. The lowest BCUT2D eigenvalue weighted by Gasteiger charge is -2.26. The normalized spacial score (nSPS) is 36.7. The van der Waals surface area contributed by atoms with Gasteiger partial charge < -0.3 is 15.2 Å². The highest BCUT2D eigenvalue weighted by Crippen LogP contribution is 1.98. The summed E-state index contributed by atoms with van der Waals surface area (Å²) in [4.78, 5) is 0. The second kappa shape index (κ2) is 3.15. The van der Waals surface area contributed by atoms with Crippen molar-refractivity contribution in [2.75, 3.05) is 19.8 Å². The number of hydrogen-bond acceptors (Lipinski definition) is 3. The van der Waals surface area contributed by atoms with Crippen molar-refractivity contribution >= 4 is 0 Å². The first-order chi connectivity index (χ1) is 4.33. The van der Waals surface area contributed by atoms with Crippen molar-refractivity contribution in [2.24, 2.45) is 0 Å². The SMILES string of the molecule is CC1CO[C@@H](CO)CN1. The molecule has 9 heavy (non-hydrogen) atoms. The molecule has 1 rings (SSSR count). The second-order valence-corrected chi connectivity index (χ2v) is 2.45. The Morgan fingerprint density at radius 3 is 3.00 bits per heavy atom. The fourth-order valence-corrected chi connectivity index (χ4v) is 0.848. The molecule has 2 N–H and O–H groups in total. The third-order valence-electron chi connectivity index (χ3n) is 1.48. The van der Waals surface area contributed by atoms with Gasteiger partial charge >= 0.3 is 0 Å². The van der Waals surface area contributed by atoms with Crippen LogP contribution in [0.15, 0.2) is 0 Å². The molecule has 0 spiro atoms. The van der Waals surface area contributed by atoms with Gasteiger partial charge in [-0.05, 0) is 6.92 Å². The molecule has 1 saturated heterocycles. The maximum Gasteiger partial charge on any atom is 0.0930 e. The van der Waals surface area contributed by atoms with Gasteiger partial charge in [-0.15, -0.1) is 0 Å². The van der Waals surface area contributed by atoms with E-state index in [0.717, 1.165) is 6.54 Å². The van der Waals surface area contributed by atoms with Crippen LogP contribution >= 0.6 is 0 Å². The Kier molecular flexibility index (Phi) is 2.45. The van der Waals surface area contributed by atoms with Crippen LogP contribution in [0.5, 0.6) is 0 Å². The first kappa shape index (κ1) is 6.99. The topological polar surface area (TPSA) is 41.5 Å². The van der Waals surface area contributed by atoms with Gasteiger partial charge in [-0.3, -0.25) is 0 Å². The van der Waals surface area contributed by atoms with Crippen LogP contribution in [-0.2, 0) is 4.74 Å². The zero-order chi connectivity index (χ0) is 6.69.